The normalized spacial score (nSPS) is 12.5. The van der Waals surface area contributed by atoms with Crippen molar-refractivity contribution in [3.8, 4) is 5.75 Å². The Morgan fingerprint density at radius 1 is 1.26 bits per heavy atom. The Morgan fingerprint density at radius 2 is 1.84 bits per heavy atom. The van der Waals surface area contributed by atoms with Crippen molar-refractivity contribution in [2.45, 2.75) is 26.8 Å². The van der Waals surface area contributed by atoms with Gasteiger partial charge in [-0.3, -0.25) is 0 Å². The lowest BCUT2D eigenvalue weighted by Crippen LogP contribution is -2.06. The van der Waals surface area contributed by atoms with E-state index in [2.05, 4.69) is 17.2 Å². The van der Waals surface area contributed by atoms with Gasteiger partial charge in [-0.15, -0.1) is 11.3 Å². The Labute approximate surface area is 126 Å². The van der Waals surface area contributed by atoms with Crippen LogP contribution in [0.4, 0.5) is 5.69 Å². The molecule has 0 aliphatic carbocycles. The van der Waals surface area contributed by atoms with E-state index < -0.39 is 0 Å². The molecule has 0 fully saturated rings. The van der Waals surface area contributed by atoms with Crippen molar-refractivity contribution in [3.05, 3.63) is 37.8 Å². The number of aromatic hydroxyl groups is 1. The maximum atomic E-state index is 9.53. The summed E-state index contributed by atoms with van der Waals surface area (Å²) in [7, 11) is 0. The number of aryl methyl sites for hydroxylation is 2. The molecule has 1 heterocycles. The van der Waals surface area contributed by atoms with Gasteiger partial charge in [-0.25, -0.2) is 4.98 Å². The molecule has 1 aromatic heterocycles. The second-order valence-corrected chi connectivity index (χ2v) is 6.39. The molecule has 2 aromatic rings. The number of anilines is 1. The zero-order valence-electron chi connectivity index (χ0n) is 10.8. The van der Waals surface area contributed by atoms with Gasteiger partial charge in [-0.2, -0.15) is 0 Å². The number of aromatic nitrogens is 1. The smallest absolute Gasteiger partial charge is 0.152 e. The molecule has 0 radical (unpaired) electrons. The number of thiazole rings is 1. The predicted octanol–water partition coefficient (Wildman–Crippen LogP) is 4.95. The van der Waals surface area contributed by atoms with E-state index in [9.17, 15) is 5.11 Å². The van der Waals surface area contributed by atoms with Crippen LogP contribution in [0.5, 0.6) is 5.75 Å². The number of phenols is 1. The SMILES string of the molecule is Cc1nc(C)c(C(C)Nc2cc(Cl)c(O)c(Cl)c2)s1. The topological polar surface area (TPSA) is 45.2 Å². The molecule has 3 nitrogen and oxygen atoms in total. The number of hydrogen-bond donors (Lipinski definition) is 2. The minimum absolute atomic E-state index is 0.0913. The molecule has 2 rings (SSSR count). The van der Waals surface area contributed by atoms with Gasteiger partial charge in [0.2, 0.25) is 0 Å². The van der Waals surface area contributed by atoms with Crippen molar-refractivity contribution in [1.82, 2.24) is 4.98 Å². The van der Waals surface area contributed by atoms with Gasteiger partial charge in [0.05, 0.1) is 26.8 Å². The molecular weight excluding hydrogens is 303 g/mol. The van der Waals surface area contributed by atoms with E-state index in [4.69, 9.17) is 23.2 Å². The van der Waals surface area contributed by atoms with Gasteiger partial charge in [0, 0.05) is 10.6 Å². The third-order valence-corrected chi connectivity index (χ3v) is 4.56. The first kappa shape index (κ1) is 14.4. The second kappa shape index (κ2) is 5.57. The number of phenolic OH excluding ortho intramolecular Hbond substituents is 1. The minimum Gasteiger partial charge on any atom is -0.505 e. The molecule has 1 atom stereocenters. The quantitative estimate of drug-likeness (QED) is 0.788. The zero-order chi connectivity index (χ0) is 14.2. The molecule has 0 saturated heterocycles. The average molecular weight is 317 g/mol. The first-order valence-electron chi connectivity index (χ1n) is 5.77. The van der Waals surface area contributed by atoms with Crippen LogP contribution < -0.4 is 5.32 Å². The van der Waals surface area contributed by atoms with Crippen LogP contribution in [-0.2, 0) is 0 Å². The fourth-order valence-corrected chi connectivity index (χ4v) is 3.33. The van der Waals surface area contributed by atoms with E-state index >= 15 is 0 Å². The Morgan fingerprint density at radius 3 is 2.32 bits per heavy atom. The lowest BCUT2D eigenvalue weighted by Gasteiger charge is -2.15. The van der Waals surface area contributed by atoms with E-state index in [1.54, 1.807) is 23.5 Å². The third kappa shape index (κ3) is 3.14. The van der Waals surface area contributed by atoms with E-state index in [0.29, 0.717) is 0 Å². The highest BCUT2D eigenvalue weighted by Crippen LogP contribution is 2.36. The van der Waals surface area contributed by atoms with Gasteiger partial charge in [0.1, 0.15) is 0 Å². The summed E-state index contributed by atoms with van der Waals surface area (Å²) in [6, 6.07) is 3.41. The van der Waals surface area contributed by atoms with Crippen molar-refractivity contribution in [1.29, 1.82) is 0 Å². The standard InChI is InChI=1S/C13H14Cl2N2OS/c1-6-13(19-8(3)16-6)7(2)17-9-4-10(14)12(18)11(15)5-9/h4-5,7,17-18H,1-3H3. The summed E-state index contributed by atoms with van der Waals surface area (Å²) >= 11 is 13.5. The molecule has 0 bridgehead atoms. The number of halogens is 2. The summed E-state index contributed by atoms with van der Waals surface area (Å²) in [5.74, 6) is -0.0913. The summed E-state index contributed by atoms with van der Waals surface area (Å²) in [4.78, 5) is 5.59. The van der Waals surface area contributed by atoms with Gasteiger partial charge < -0.3 is 10.4 Å². The Balaban J connectivity index is 2.24. The largest absolute Gasteiger partial charge is 0.505 e. The van der Waals surface area contributed by atoms with Crippen LogP contribution >= 0.6 is 34.5 Å². The van der Waals surface area contributed by atoms with Gasteiger partial charge in [-0.1, -0.05) is 23.2 Å². The summed E-state index contributed by atoms with van der Waals surface area (Å²) in [6.07, 6.45) is 0. The summed E-state index contributed by atoms with van der Waals surface area (Å²) in [5.41, 5.74) is 1.80. The lowest BCUT2D eigenvalue weighted by molar-refractivity contribution is 0.476. The second-order valence-electron chi connectivity index (χ2n) is 4.34. The Kier molecular flexibility index (Phi) is 4.23. The highest BCUT2D eigenvalue weighted by atomic mass is 35.5. The third-order valence-electron chi connectivity index (χ3n) is 2.73. The van der Waals surface area contributed by atoms with Crippen molar-refractivity contribution in [2.75, 3.05) is 5.32 Å². The molecule has 0 amide bonds. The van der Waals surface area contributed by atoms with Crippen molar-refractivity contribution >= 4 is 40.2 Å². The van der Waals surface area contributed by atoms with Crippen LogP contribution in [0.3, 0.4) is 0 Å². The Bertz CT molecular complexity index is 590. The van der Waals surface area contributed by atoms with Crippen LogP contribution in [0.25, 0.3) is 0 Å². The molecule has 102 valence electrons. The van der Waals surface area contributed by atoms with Crippen molar-refractivity contribution < 1.29 is 5.11 Å². The molecule has 19 heavy (non-hydrogen) atoms. The molecule has 0 saturated carbocycles. The zero-order valence-corrected chi connectivity index (χ0v) is 13.1. The molecule has 0 aliphatic heterocycles. The molecule has 6 heteroatoms. The first-order valence-corrected chi connectivity index (χ1v) is 7.34. The molecular formula is C13H14Cl2N2OS. The van der Waals surface area contributed by atoms with E-state index in [0.717, 1.165) is 16.4 Å². The molecule has 0 aliphatic rings. The fraction of sp³-hybridized carbons (Fsp3) is 0.308. The number of nitrogens with zero attached hydrogens (tertiary/aromatic N) is 1. The number of hydrogen-bond acceptors (Lipinski definition) is 4. The maximum Gasteiger partial charge on any atom is 0.152 e. The van der Waals surface area contributed by atoms with Crippen LogP contribution in [0, 0.1) is 13.8 Å². The fourth-order valence-electron chi connectivity index (χ4n) is 1.91. The van der Waals surface area contributed by atoms with Crippen LogP contribution in [0.2, 0.25) is 10.0 Å². The first-order chi connectivity index (χ1) is 8.88. The van der Waals surface area contributed by atoms with Crippen molar-refractivity contribution in [2.24, 2.45) is 0 Å². The number of nitrogens with one attached hydrogen (secondary N) is 1. The van der Waals surface area contributed by atoms with E-state index in [1.807, 2.05) is 13.8 Å². The highest BCUT2D eigenvalue weighted by molar-refractivity contribution is 7.11. The number of rotatable bonds is 3. The molecule has 1 unspecified atom stereocenters. The lowest BCUT2D eigenvalue weighted by atomic mass is 10.2. The molecule has 2 N–H and O–H groups in total. The molecule has 1 aromatic carbocycles. The minimum atomic E-state index is -0.0913. The van der Waals surface area contributed by atoms with Crippen molar-refractivity contribution in [3.63, 3.8) is 0 Å². The van der Waals surface area contributed by atoms with Gasteiger partial charge in [-0.05, 0) is 32.9 Å². The van der Waals surface area contributed by atoms with Crippen LogP contribution in [0.15, 0.2) is 12.1 Å². The van der Waals surface area contributed by atoms with Gasteiger partial charge in [0.15, 0.2) is 5.75 Å². The summed E-state index contributed by atoms with van der Waals surface area (Å²) < 4.78 is 0. The van der Waals surface area contributed by atoms with E-state index in [-0.39, 0.29) is 21.8 Å². The Hall–Kier alpha value is -0.970. The van der Waals surface area contributed by atoms with Gasteiger partial charge >= 0.3 is 0 Å². The van der Waals surface area contributed by atoms with Crippen LogP contribution in [-0.4, -0.2) is 10.1 Å². The number of benzene rings is 1. The van der Waals surface area contributed by atoms with E-state index in [1.165, 1.54) is 4.88 Å². The summed E-state index contributed by atoms with van der Waals surface area (Å²) in [5, 5.41) is 14.4. The van der Waals surface area contributed by atoms with Gasteiger partial charge in [0.25, 0.3) is 0 Å². The average Bonchev–Trinajstić information content (AvgIpc) is 2.65. The predicted molar refractivity (Wildman–Crippen MR) is 81.8 cm³/mol. The maximum absolute atomic E-state index is 9.53. The monoisotopic (exact) mass is 316 g/mol. The summed E-state index contributed by atoms with van der Waals surface area (Å²) in [6.45, 7) is 6.03. The molecule has 0 spiro atoms. The highest BCUT2D eigenvalue weighted by Gasteiger charge is 2.14. The van der Waals surface area contributed by atoms with Crippen LogP contribution in [0.1, 0.15) is 28.5 Å².